The molecular formula is C13H24N2O3. The number of nitrogens with one attached hydrogen (secondary N) is 2. The minimum Gasteiger partial charge on any atom is -0.467 e. The molecule has 1 atom stereocenters. The first-order valence-corrected chi connectivity index (χ1v) is 6.71. The molecule has 1 fully saturated rings. The SMILES string of the molecule is COC(=O)C(CNC1CCCCCC1)NC(C)=O. The second kappa shape index (κ2) is 8.08. The van der Waals surface area contributed by atoms with Gasteiger partial charge in [0, 0.05) is 19.5 Å². The molecule has 0 bridgehead atoms. The number of rotatable bonds is 5. The van der Waals surface area contributed by atoms with Gasteiger partial charge in [0.25, 0.3) is 0 Å². The van der Waals surface area contributed by atoms with Gasteiger partial charge in [-0.2, -0.15) is 0 Å². The Balaban J connectivity index is 2.39. The van der Waals surface area contributed by atoms with Crippen molar-refractivity contribution in [2.75, 3.05) is 13.7 Å². The van der Waals surface area contributed by atoms with Gasteiger partial charge in [-0.1, -0.05) is 25.7 Å². The van der Waals surface area contributed by atoms with E-state index in [9.17, 15) is 9.59 Å². The smallest absolute Gasteiger partial charge is 0.329 e. The summed E-state index contributed by atoms with van der Waals surface area (Å²) in [5, 5.41) is 5.98. The Morgan fingerprint density at radius 3 is 2.33 bits per heavy atom. The van der Waals surface area contributed by atoms with Gasteiger partial charge < -0.3 is 15.4 Å². The fraction of sp³-hybridized carbons (Fsp3) is 0.846. The summed E-state index contributed by atoms with van der Waals surface area (Å²) in [6.07, 6.45) is 7.36. The van der Waals surface area contributed by atoms with Crippen molar-refractivity contribution in [1.82, 2.24) is 10.6 Å². The lowest BCUT2D eigenvalue weighted by Crippen LogP contribution is -2.49. The van der Waals surface area contributed by atoms with Crippen molar-refractivity contribution in [3.05, 3.63) is 0 Å². The van der Waals surface area contributed by atoms with Crippen molar-refractivity contribution in [2.45, 2.75) is 57.5 Å². The summed E-state index contributed by atoms with van der Waals surface area (Å²) in [5.41, 5.74) is 0. The minimum atomic E-state index is -0.587. The number of methoxy groups -OCH3 is 1. The number of carbonyl (C=O) groups excluding carboxylic acids is 2. The molecule has 18 heavy (non-hydrogen) atoms. The summed E-state index contributed by atoms with van der Waals surface area (Å²) in [7, 11) is 1.34. The molecular weight excluding hydrogens is 232 g/mol. The van der Waals surface area contributed by atoms with E-state index in [4.69, 9.17) is 0 Å². The molecule has 5 heteroatoms. The van der Waals surface area contributed by atoms with Gasteiger partial charge in [-0.05, 0) is 12.8 Å². The van der Waals surface area contributed by atoms with Crippen LogP contribution >= 0.6 is 0 Å². The van der Waals surface area contributed by atoms with E-state index in [-0.39, 0.29) is 5.91 Å². The molecule has 0 heterocycles. The first-order chi connectivity index (χ1) is 8.63. The number of carbonyl (C=O) groups is 2. The highest BCUT2D eigenvalue weighted by atomic mass is 16.5. The first-order valence-electron chi connectivity index (χ1n) is 6.71. The maximum Gasteiger partial charge on any atom is 0.329 e. The van der Waals surface area contributed by atoms with Crippen LogP contribution < -0.4 is 10.6 Å². The summed E-state index contributed by atoms with van der Waals surface area (Å²) in [6.45, 7) is 1.85. The van der Waals surface area contributed by atoms with E-state index in [0.29, 0.717) is 12.6 Å². The van der Waals surface area contributed by atoms with Gasteiger partial charge in [-0.25, -0.2) is 4.79 Å². The molecule has 0 aromatic carbocycles. The topological polar surface area (TPSA) is 67.4 Å². The highest BCUT2D eigenvalue weighted by Crippen LogP contribution is 2.17. The van der Waals surface area contributed by atoms with Gasteiger partial charge >= 0.3 is 5.97 Å². The number of amides is 1. The molecule has 2 N–H and O–H groups in total. The van der Waals surface area contributed by atoms with Crippen LogP contribution in [-0.4, -0.2) is 37.6 Å². The number of esters is 1. The molecule has 5 nitrogen and oxygen atoms in total. The Morgan fingerprint density at radius 2 is 1.83 bits per heavy atom. The summed E-state index contributed by atoms with van der Waals surface area (Å²) in [4.78, 5) is 22.5. The molecule has 104 valence electrons. The Bertz CT molecular complexity index is 273. The van der Waals surface area contributed by atoms with E-state index in [1.165, 1.54) is 39.7 Å². The van der Waals surface area contributed by atoms with Gasteiger partial charge in [0.15, 0.2) is 0 Å². The van der Waals surface area contributed by atoms with Gasteiger partial charge in [0.2, 0.25) is 5.91 Å². The lowest BCUT2D eigenvalue weighted by Gasteiger charge is -2.21. The fourth-order valence-electron chi connectivity index (χ4n) is 2.35. The zero-order valence-electron chi connectivity index (χ0n) is 11.3. The summed E-state index contributed by atoms with van der Waals surface area (Å²) in [5.74, 6) is -0.612. The van der Waals surface area contributed by atoms with Crippen LogP contribution in [0.2, 0.25) is 0 Å². The van der Waals surface area contributed by atoms with Crippen LogP contribution in [0.25, 0.3) is 0 Å². The van der Waals surface area contributed by atoms with E-state index in [1.54, 1.807) is 0 Å². The molecule has 1 aliphatic rings. The average Bonchev–Trinajstić information content (AvgIpc) is 2.61. The quantitative estimate of drug-likeness (QED) is 0.568. The maximum absolute atomic E-state index is 11.5. The predicted molar refractivity (Wildman–Crippen MR) is 69.1 cm³/mol. The first kappa shape index (κ1) is 15.0. The maximum atomic E-state index is 11.5. The van der Waals surface area contributed by atoms with E-state index >= 15 is 0 Å². The van der Waals surface area contributed by atoms with Crippen LogP contribution in [0.1, 0.15) is 45.4 Å². The van der Waals surface area contributed by atoms with E-state index in [2.05, 4.69) is 15.4 Å². The Morgan fingerprint density at radius 1 is 1.22 bits per heavy atom. The largest absolute Gasteiger partial charge is 0.467 e. The Hall–Kier alpha value is -1.10. The van der Waals surface area contributed by atoms with Gasteiger partial charge in [-0.15, -0.1) is 0 Å². The minimum absolute atomic E-state index is 0.215. The van der Waals surface area contributed by atoms with Crippen LogP contribution in [0.4, 0.5) is 0 Å². The third kappa shape index (κ3) is 5.49. The molecule has 0 aromatic heterocycles. The zero-order chi connectivity index (χ0) is 13.4. The van der Waals surface area contributed by atoms with Gasteiger partial charge in [-0.3, -0.25) is 4.79 Å². The third-order valence-electron chi connectivity index (χ3n) is 3.33. The van der Waals surface area contributed by atoms with Crippen LogP contribution in [-0.2, 0) is 14.3 Å². The Labute approximate surface area is 109 Å². The van der Waals surface area contributed by atoms with Crippen LogP contribution in [0.5, 0.6) is 0 Å². The average molecular weight is 256 g/mol. The highest BCUT2D eigenvalue weighted by Gasteiger charge is 2.21. The number of hydrogen-bond acceptors (Lipinski definition) is 4. The number of ether oxygens (including phenoxy) is 1. The van der Waals surface area contributed by atoms with Crippen molar-refractivity contribution in [3.8, 4) is 0 Å². The van der Waals surface area contributed by atoms with E-state index in [1.807, 2.05) is 0 Å². The molecule has 1 amide bonds. The van der Waals surface area contributed by atoms with Crippen molar-refractivity contribution in [2.24, 2.45) is 0 Å². The second-order valence-electron chi connectivity index (χ2n) is 4.87. The zero-order valence-corrected chi connectivity index (χ0v) is 11.3. The lowest BCUT2D eigenvalue weighted by atomic mass is 10.1. The van der Waals surface area contributed by atoms with E-state index < -0.39 is 12.0 Å². The van der Waals surface area contributed by atoms with Crippen LogP contribution in [0, 0.1) is 0 Å². The predicted octanol–water partition coefficient (Wildman–Crippen LogP) is 0.976. The monoisotopic (exact) mass is 256 g/mol. The molecule has 1 unspecified atom stereocenters. The molecule has 1 aliphatic carbocycles. The fourth-order valence-corrected chi connectivity index (χ4v) is 2.35. The van der Waals surface area contributed by atoms with Crippen LogP contribution in [0.15, 0.2) is 0 Å². The van der Waals surface area contributed by atoms with Gasteiger partial charge in [0.1, 0.15) is 6.04 Å². The molecule has 0 aliphatic heterocycles. The Kier molecular flexibility index (Phi) is 6.72. The van der Waals surface area contributed by atoms with Gasteiger partial charge in [0.05, 0.1) is 7.11 Å². The van der Waals surface area contributed by atoms with Crippen molar-refractivity contribution in [3.63, 3.8) is 0 Å². The third-order valence-corrected chi connectivity index (χ3v) is 3.33. The molecule has 0 spiro atoms. The molecule has 0 aromatic rings. The standard InChI is InChI=1S/C13H24N2O3/c1-10(16)15-12(13(17)18-2)9-14-11-7-5-3-4-6-8-11/h11-12,14H,3-9H2,1-2H3,(H,15,16). The normalized spacial score (nSPS) is 18.8. The molecule has 0 saturated heterocycles. The lowest BCUT2D eigenvalue weighted by molar-refractivity contribution is -0.144. The summed E-state index contributed by atoms with van der Waals surface area (Å²) in [6, 6.07) is -0.135. The van der Waals surface area contributed by atoms with Crippen molar-refractivity contribution >= 4 is 11.9 Å². The molecule has 1 rings (SSSR count). The van der Waals surface area contributed by atoms with Crippen LogP contribution in [0.3, 0.4) is 0 Å². The molecule has 1 saturated carbocycles. The highest BCUT2D eigenvalue weighted by molar-refractivity contribution is 5.83. The van der Waals surface area contributed by atoms with E-state index in [0.717, 1.165) is 12.8 Å². The van der Waals surface area contributed by atoms with Crippen molar-refractivity contribution in [1.29, 1.82) is 0 Å². The molecule has 0 radical (unpaired) electrons. The van der Waals surface area contributed by atoms with Crippen molar-refractivity contribution < 1.29 is 14.3 Å². The summed E-state index contributed by atoms with van der Waals surface area (Å²) >= 11 is 0. The second-order valence-corrected chi connectivity index (χ2v) is 4.87. The summed E-state index contributed by atoms with van der Waals surface area (Å²) < 4.78 is 4.68. The number of hydrogen-bond donors (Lipinski definition) is 2.